The summed E-state index contributed by atoms with van der Waals surface area (Å²) in [6, 6.07) is 8.22. The van der Waals surface area contributed by atoms with E-state index >= 15 is 0 Å². The smallest absolute Gasteiger partial charge is 0.222 e. The van der Waals surface area contributed by atoms with Gasteiger partial charge in [-0.3, -0.25) is 9.69 Å². The van der Waals surface area contributed by atoms with Crippen LogP contribution in [0.3, 0.4) is 0 Å². The maximum absolute atomic E-state index is 12.0. The van der Waals surface area contributed by atoms with E-state index in [1.54, 1.807) is 7.11 Å². The summed E-state index contributed by atoms with van der Waals surface area (Å²) in [5.41, 5.74) is 1.29. The van der Waals surface area contributed by atoms with Crippen LogP contribution in [0, 0.1) is 0 Å². The van der Waals surface area contributed by atoms with Crippen LogP contribution in [0.25, 0.3) is 0 Å². The average Bonchev–Trinajstić information content (AvgIpc) is 2.54. The second kappa shape index (κ2) is 8.03. The number of piperazine rings is 1. The molecule has 0 saturated carbocycles. The minimum absolute atomic E-state index is 0.320. The van der Waals surface area contributed by atoms with Crippen molar-refractivity contribution in [2.24, 2.45) is 0 Å². The average molecular weight is 290 g/mol. The molecule has 1 aliphatic rings. The Morgan fingerprint density at radius 1 is 1.14 bits per heavy atom. The van der Waals surface area contributed by atoms with E-state index in [9.17, 15) is 4.79 Å². The fraction of sp³-hybridized carbons (Fsp3) is 0.588. The van der Waals surface area contributed by atoms with Crippen LogP contribution in [0.2, 0.25) is 0 Å². The molecule has 0 bridgehead atoms. The predicted octanol–water partition coefficient (Wildman–Crippen LogP) is 2.53. The summed E-state index contributed by atoms with van der Waals surface area (Å²) in [6.07, 6.45) is 2.79. The van der Waals surface area contributed by atoms with Gasteiger partial charge in [0, 0.05) is 39.1 Å². The van der Waals surface area contributed by atoms with Crippen LogP contribution in [0.5, 0.6) is 5.75 Å². The Balaban J connectivity index is 1.76. The van der Waals surface area contributed by atoms with Gasteiger partial charge in [0.2, 0.25) is 5.91 Å². The Bertz CT molecular complexity index is 437. The van der Waals surface area contributed by atoms with Gasteiger partial charge in [0.25, 0.3) is 0 Å². The van der Waals surface area contributed by atoms with Gasteiger partial charge >= 0.3 is 0 Å². The predicted molar refractivity (Wildman–Crippen MR) is 84.4 cm³/mol. The standard InChI is InChI=1S/C17H26N2O2/c1-3-4-5-17(20)19-12-10-18(11-13-19)14-15-6-8-16(21-2)9-7-15/h6-9H,3-5,10-14H2,1-2H3. The first-order chi connectivity index (χ1) is 10.2. The lowest BCUT2D eigenvalue weighted by Gasteiger charge is -2.34. The van der Waals surface area contributed by atoms with Crippen molar-refractivity contribution in [2.45, 2.75) is 32.7 Å². The molecule has 0 aromatic heterocycles. The fourth-order valence-corrected chi connectivity index (χ4v) is 2.63. The molecule has 0 N–H and O–H groups in total. The number of ether oxygens (including phenoxy) is 1. The van der Waals surface area contributed by atoms with Crippen molar-refractivity contribution in [3.05, 3.63) is 29.8 Å². The van der Waals surface area contributed by atoms with Gasteiger partial charge in [0.15, 0.2) is 0 Å². The fourth-order valence-electron chi connectivity index (χ4n) is 2.63. The summed E-state index contributed by atoms with van der Waals surface area (Å²) < 4.78 is 5.17. The van der Waals surface area contributed by atoms with Crippen molar-refractivity contribution < 1.29 is 9.53 Å². The summed E-state index contributed by atoms with van der Waals surface area (Å²) in [5.74, 6) is 1.21. The SMILES string of the molecule is CCCCC(=O)N1CCN(Cc2ccc(OC)cc2)CC1. The van der Waals surface area contributed by atoms with Crippen LogP contribution >= 0.6 is 0 Å². The largest absolute Gasteiger partial charge is 0.497 e. The van der Waals surface area contributed by atoms with E-state index < -0.39 is 0 Å². The quantitative estimate of drug-likeness (QED) is 0.807. The number of unbranched alkanes of at least 4 members (excludes halogenated alkanes) is 1. The Labute approximate surface area is 127 Å². The van der Waals surface area contributed by atoms with E-state index in [1.165, 1.54) is 5.56 Å². The highest BCUT2D eigenvalue weighted by atomic mass is 16.5. The summed E-state index contributed by atoms with van der Waals surface area (Å²) in [4.78, 5) is 16.4. The summed E-state index contributed by atoms with van der Waals surface area (Å²) in [7, 11) is 1.68. The normalized spacial score (nSPS) is 16.0. The van der Waals surface area contributed by atoms with Gasteiger partial charge in [-0.15, -0.1) is 0 Å². The molecule has 116 valence electrons. The third-order valence-electron chi connectivity index (χ3n) is 4.03. The van der Waals surface area contributed by atoms with Crippen molar-refractivity contribution in [1.29, 1.82) is 0 Å². The molecule has 1 saturated heterocycles. The molecule has 1 fully saturated rings. The maximum Gasteiger partial charge on any atom is 0.222 e. The molecule has 0 spiro atoms. The first-order valence-corrected chi connectivity index (χ1v) is 7.86. The molecule has 0 atom stereocenters. The Morgan fingerprint density at radius 3 is 2.38 bits per heavy atom. The Morgan fingerprint density at radius 2 is 1.81 bits per heavy atom. The van der Waals surface area contributed by atoms with E-state index in [0.717, 1.165) is 51.3 Å². The van der Waals surface area contributed by atoms with Gasteiger partial charge in [-0.05, 0) is 24.1 Å². The van der Waals surface area contributed by atoms with Gasteiger partial charge in [-0.1, -0.05) is 25.5 Å². The number of benzene rings is 1. The molecule has 1 aromatic rings. The Hall–Kier alpha value is -1.55. The van der Waals surface area contributed by atoms with Crippen molar-refractivity contribution in [3.63, 3.8) is 0 Å². The van der Waals surface area contributed by atoms with Gasteiger partial charge in [-0.25, -0.2) is 0 Å². The van der Waals surface area contributed by atoms with E-state index in [4.69, 9.17) is 4.74 Å². The van der Waals surface area contributed by atoms with Crippen LogP contribution in [0.4, 0.5) is 0 Å². The first-order valence-electron chi connectivity index (χ1n) is 7.86. The Kier molecular flexibility index (Phi) is 6.05. The third-order valence-corrected chi connectivity index (χ3v) is 4.03. The first kappa shape index (κ1) is 15.8. The minimum atomic E-state index is 0.320. The molecular formula is C17H26N2O2. The molecule has 0 aliphatic carbocycles. The van der Waals surface area contributed by atoms with Crippen LogP contribution in [0.15, 0.2) is 24.3 Å². The number of carbonyl (C=O) groups excluding carboxylic acids is 1. The molecule has 2 rings (SSSR count). The second-order valence-corrected chi connectivity index (χ2v) is 5.61. The van der Waals surface area contributed by atoms with Crippen LogP contribution in [0.1, 0.15) is 31.7 Å². The summed E-state index contributed by atoms with van der Waals surface area (Å²) in [6.45, 7) is 6.71. The van der Waals surface area contributed by atoms with E-state index in [1.807, 2.05) is 17.0 Å². The lowest BCUT2D eigenvalue weighted by atomic mass is 10.1. The highest BCUT2D eigenvalue weighted by Gasteiger charge is 2.20. The topological polar surface area (TPSA) is 32.8 Å². The molecule has 4 heteroatoms. The number of hydrogen-bond acceptors (Lipinski definition) is 3. The summed E-state index contributed by atoms with van der Waals surface area (Å²) in [5, 5.41) is 0. The van der Waals surface area contributed by atoms with E-state index in [0.29, 0.717) is 12.3 Å². The highest BCUT2D eigenvalue weighted by Crippen LogP contribution is 2.14. The van der Waals surface area contributed by atoms with Crippen LogP contribution in [-0.4, -0.2) is 49.0 Å². The van der Waals surface area contributed by atoms with Crippen LogP contribution < -0.4 is 4.74 Å². The van der Waals surface area contributed by atoms with Gasteiger partial charge in [0.1, 0.15) is 5.75 Å². The molecule has 4 nitrogen and oxygen atoms in total. The third kappa shape index (κ3) is 4.74. The van der Waals surface area contributed by atoms with Crippen molar-refractivity contribution in [1.82, 2.24) is 9.80 Å². The molecule has 1 aromatic carbocycles. The number of amides is 1. The molecule has 1 amide bonds. The number of methoxy groups -OCH3 is 1. The van der Waals surface area contributed by atoms with Gasteiger partial charge < -0.3 is 9.64 Å². The molecule has 1 heterocycles. The van der Waals surface area contributed by atoms with Gasteiger partial charge in [0.05, 0.1) is 7.11 Å². The minimum Gasteiger partial charge on any atom is -0.497 e. The van der Waals surface area contributed by atoms with Crippen molar-refractivity contribution >= 4 is 5.91 Å². The second-order valence-electron chi connectivity index (χ2n) is 5.61. The zero-order chi connectivity index (χ0) is 15.1. The summed E-state index contributed by atoms with van der Waals surface area (Å²) >= 11 is 0. The molecule has 0 unspecified atom stereocenters. The number of nitrogens with zero attached hydrogens (tertiary/aromatic N) is 2. The monoisotopic (exact) mass is 290 g/mol. The van der Waals surface area contributed by atoms with Crippen molar-refractivity contribution in [2.75, 3.05) is 33.3 Å². The lowest BCUT2D eigenvalue weighted by molar-refractivity contribution is -0.133. The van der Waals surface area contributed by atoms with Gasteiger partial charge in [-0.2, -0.15) is 0 Å². The van der Waals surface area contributed by atoms with E-state index in [2.05, 4.69) is 24.0 Å². The number of rotatable bonds is 6. The van der Waals surface area contributed by atoms with Crippen molar-refractivity contribution in [3.8, 4) is 5.75 Å². The zero-order valence-corrected chi connectivity index (χ0v) is 13.2. The number of carbonyl (C=O) groups is 1. The van der Waals surface area contributed by atoms with E-state index in [-0.39, 0.29) is 0 Å². The zero-order valence-electron chi connectivity index (χ0n) is 13.2. The molecule has 21 heavy (non-hydrogen) atoms. The molecule has 1 aliphatic heterocycles. The highest BCUT2D eigenvalue weighted by molar-refractivity contribution is 5.76. The molecular weight excluding hydrogens is 264 g/mol. The number of hydrogen-bond donors (Lipinski definition) is 0. The maximum atomic E-state index is 12.0. The molecule has 0 radical (unpaired) electrons. The lowest BCUT2D eigenvalue weighted by Crippen LogP contribution is -2.48. The van der Waals surface area contributed by atoms with Crippen LogP contribution in [-0.2, 0) is 11.3 Å².